The van der Waals surface area contributed by atoms with Crippen LogP contribution in [0.2, 0.25) is 0 Å². The highest BCUT2D eigenvalue weighted by atomic mass is 32.1. The van der Waals surface area contributed by atoms with E-state index in [1.54, 1.807) is 18.4 Å². The Kier molecular flexibility index (Phi) is 5.29. The van der Waals surface area contributed by atoms with Gasteiger partial charge < -0.3 is 14.6 Å². The van der Waals surface area contributed by atoms with E-state index in [2.05, 4.69) is 20.4 Å². The second kappa shape index (κ2) is 8.18. The molecule has 28 heavy (non-hydrogen) atoms. The van der Waals surface area contributed by atoms with Crippen LogP contribution in [0.1, 0.15) is 17.3 Å². The molecule has 1 N–H and O–H groups in total. The third kappa shape index (κ3) is 4.17. The molecule has 0 aliphatic heterocycles. The fourth-order valence-corrected chi connectivity index (χ4v) is 3.60. The predicted octanol–water partition coefficient (Wildman–Crippen LogP) is 3.60. The van der Waals surface area contributed by atoms with Crippen LogP contribution in [-0.2, 0) is 17.8 Å². The summed E-state index contributed by atoms with van der Waals surface area (Å²) in [5, 5.41) is 7.74. The lowest BCUT2D eigenvalue weighted by molar-refractivity contribution is -0.121. The summed E-state index contributed by atoms with van der Waals surface area (Å²) in [5.74, 6) is 1.61. The Labute approximate surface area is 165 Å². The first-order chi connectivity index (χ1) is 13.7. The molecule has 0 saturated heterocycles. The minimum Gasteiger partial charge on any atom is -0.497 e. The Morgan fingerprint density at radius 2 is 1.96 bits per heavy atom. The minimum atomic E-state index is -0.0801. The fourth-order valence-electron chi connectivity index (χ4n) is 2.69. The van der Waals surface area contributed by atoms with E-state index in [-0.39, 0.29) is 12.3 Å². The van der Waals surface area contributed by atoms with Crippen molar-refractivity contribution in [1.29, 1.82) is 0 Å². The molecule has 0 unspecified atom stereocenters. The number of amides is 1. The molecule has 2 aromatic heterocycles. The molecule has 0 aliphatic rings. The standard InChI is InChI=1S/C20H18N4O3S/c1-26-14-8-6-13(7-9-14)20-23-18(27-24-20)11-10-17(25)21-12-19-22-15-4-2-3-5-16(15)28-19/h2-9H,10-12H2,1H3,(H,21,25). The van der Waals surface area contributed by atoms with Crippen molar-refractivity contribution in [3.63, 3.8) is 0 Å². The van der Waals surface area contributed by atoms with Crippen LogP contribution in [0, 0.1) is 0 Å². The van der Waals surface area contributed by atoms with E-state index in [1.165, 1.54) is 0 Å². The molecule has 0 atom stereocenters. The maximum atomic E-state index is 12.1. The SMILES string of the molecule is COc1ccc(-c2noc(CCC(=O)NCc3nc4ccccc4s3)n2)cc1. The highest BCUT2D eigenvalue weighted by Crippen LogP contribution is 2.22. The van der Waals surface area contributed by atoms with E-state index in [9.17, 15) is 4.79 Å². The zero-order valence-corrected chi connectivity index (χ0v) is 16.0. The molecule has 2 aromatic carbocycles. The molecule has 0 aliphatic carbocycles. The number of nitrogens with one attached hydrogen (secondary N) is 1. The zero-order chi connectivity index (χ0) is 19.3. The van der Waals surface area contributed by atoms with Gasteiger partial charge in [-0.25, -0.2) is 4.98 Å². The van der Waals surface area contributed by atoms with Crippen molar-refractivity contribution in [2.24, 2.45) is 0 Å². The first-order valence-electron chi connectivity index (χ1n) is 8.79. The normalized spacial score (nSPS) is 10.9. The van der Waals surface area contributed by atoms with Crippen LogP contribution in [0.3, 0.4) is 0 Å². The average Bonchev–Trinajstić information content (AvgIpc) is 3.37. The molecule has 0 fully saturated rings. The van der Waals surface area contributed by atoms with Gasteiger partial charge in [-0.05, 0) is 36.4 Å². The summed E-state index contributed by atoms with van der Waals surface area (Å²) in [4.78, 5) is 21.0. The van der Waals surface area contributed by atoms with Gasteiger partial charge in [0.1, 0.15) is 10.8 Å². The van der Waals surface area contributed by atoms with E-state index in [1.807, 2.05) is 48.5 Å². The third-order valence-corrected chi connectivity index (χ3v) is 5.19. The van der Waals surface area contributed by atoms with E-state index < -0.39 is 0 Å². The van der Waals surface area contributed by atoms with E-state index in [4.69, 9.17) is 9.26 Å². The molecule has 4 aromatic rings. The maximum Gasteiger partial charge on any atom is 0.227 e. The summed E-state index contributed by atoms with van der Waals surface area (Å²) >= 11 is 1.58. The van der Waals surface area contributed by atoms with Crippen LogP contribution in [0.4, 0.5) is 0 Å². The monoisotopic (exact) mass is 394 g/mol. The van der Waals surface area contributed by atoms with Gasteiger partial charge in [-0.15, -0.1) is 11.3 Å². The molecule has 2 heterocycles. The fraction of sp³-hybridized carbons (Fsp3) is 0.200. The number of hydrogen-bond donors (Lipinski definition) is 1. The van der Waals surface area contributed by atoms with Gasteiger partial charge in [-0.3, -0.25) is 4.79 Å². The first kappa shape index (κ1) is 18.1. The number of nitrogens with zero attached hydrogens (tertiary/aromatic N) is 3. The van der Waals surface area contributed by atoms with E-state index in [0.29, 0.717) is 24.7 Å². The summed E-state index contributed by atoms with van der Waals surface area (Å²) in [6, 6.07) is 15.3. The number of aromatic nitrogens is 3. The van der Waals surface area contributed by atoms with Gasteiger partial charge in [0.05, 0.1) is 23.9 Å². The number of rotatable bonds is 7. The van der Waals surface area contributed by atoms with Gasteiger partial charge in [0.2, 0.25) is 17.6 Å². The van der Waals surface area contributed by atoms with Crippen LogP contribution in [0.5, 0.6) is 5.75 Å². The van der Waals surface area contributed by atoms with Gasteiger partial charge in [0.15, 0.2) is 0 Å². The smallest absolute Gasteiger partial charge is 0.227 e. The van der Waals surface area contributed by atoms with Crippen LogP contribution in [-0.4, -0.2) is 28.1 Å². The van der Waals surface area contributed by atoms with Crippen molar-refractivity contribution in [2.75, 3.05) is 7.11 Å². The molecule has 8 heteroatoms. The molecule has 0 radical (unpaired) electrons. The van der Waals surface area contributed by atoms with E-state index in [0.717, 1.165) is 26.5 Å². The average molecular weight is 394 g/mol. The predicted molar refractivity (Wildman–Crippen MR) is 106 cm³/mol. The van der Waals surface area contributed by atoms with Crippen molar-refractivity contribution in [3.05, 3.63) is 59.4 Å². The Bertz CT molecular complexity index is 1060. The Hall–Kier alpha value is -3.26. The second-order valence-corrected chi connectivity index (χ2v) is 7.21. The lowest BCUT2D eigenvalue weighted by atomic mass is 10.2. The number of methoxy groups -OCH3 is 1. The zero-order valence-electron chi connectivity index (χ0n) is 15.2. The van der Waals surface area contributed by atoms with Crippen molar-refractivity contribution in [3.8, 4) is 17.1 Å². The molecule has 0 bridgehead atoms. The van der Waals surface area contributed by atoms with Crippen LogP contribution < -0.4 is 10.1 Å². The number of carbonyl (C=O) groups excluding carboxylic acids is 1. The summed E-state index contributed by atoms with van der Waals surface area (Å²) < 4.78 is 11.5. The summed E-state index contributed by atoms with van der Waals surface area (Å²) in [7, 11) is 1.61. The lowest BCUT2D eigenvalue weighted by Crippen LogP contribution is -2.22. The molecule has 4 rings (SSSR count). The number of aryl methyl sites for hydroxylation is 1. The number of thiazole rings is 1. The molecular formula is C20H18N4O3S. The van der Waals surface area contributed by atoms with E-state index >= 15 is 0 Å². The molecule has 142 valence electrons. The van der Waals surface area contributed by atoms with Gasteiger partial charge in [0, 0.05) is 18.4 Å². The van der Waals surface area contributed by atoms with Gasteiger partial charge in [-0.2, -0.15) is 4.98 Å². The maximum absolute atomic E-state index is 12.1. The van der Waals surface area contributed by atoms with Crippen molar-refractivity contribution >= 4 is 27.5 Å². The number of carbonyl (C=O) groups is 1. The number of benzene rings is 2. The first-order valence-corrected chi connectivity index (χ1v) is 9.61. The van der Waals surface area contributed by atoms with Gasteiger partial charge in [-0.1, -0.05) is 17.3 Å². The topological polar surface area (TPSA) is 90.1 Å². The Morgan fingerprint density at radius 3 is 2.75 bits per heavy atom. The molecule has 7 nitrogen and oxygen atoms in total. The highest BCUT2D eigenvalue weighted by Gasteiger charge is 2.11. The summed E-state index contributed by atoms with van der Waals surface area (Å²) in [5.41, 5.74) is 1.78. The van der Waals surface area contributed by atoms with Crippen molar-refractivity contribution in [2.45, 2.75) is 19.4 Å². The van der Waals surface area contributed by atoms with Crippen molar-refractivity contribution < 1.29 is 14.1 Å². The summed E-state index contributed by atoms with van der Waals surface area (Å²) in [6.45, 7) is 0.416. The third-order valence-electron chi connectivity index (χ3n) is 4.16. The largest absolute Gasteiger partial charge is 0.497 e. The Morgan fingerprint density at radius 1 is 1.14 bits per heavy atom. The van der Waals surface area contributed by atoms with Gasteiger partial charge in [0.25, 0.3) is 0 Å². The van der Waals surface area contributed by atoms with Gasteiger partial charge >= 0.3 is 0 Å². The Balaban J connectivity index is 1.29. The number of hydrogen-bond acceptors (Lipinski definition) is 7. The molecule has 0 spiro atoms. The van der Waals surface area contributed by atoms with Crippen LogP contribution >= 0.6 is 11.3 Å². The second-order valence-electron chi connectivity index (χ2n) is 6.09. The number of ether oxygens (including phenoxy) is 1. The molecule has 0 saturated carbocycles. The quantitative estimate of drug-likeness (QED) is 0.515. The highest BCUT2D eigenvalue weighted by molar-refractivity contribution is 7.18. The molecule has 1 amide bonds. The number of fused-ring (bicyclic) bond motifs is 1. The summed E-state index contributed by atoms with van der Waals surface area (Å²) in [6.07, 6.45) is 0.657. The van der Waals surface area contributed by atoms with Crippen molar-refractivity contribution in [1.82, 2.24) is 20.4 Å². The van der Waals surface area contributed by atoms with Crippen LogP contribution in [0.25, 0.3) is 21.6 Å². The van der Waals surface area contributed by atoms with Crippen LogP contribution in [0.15, 0.2) is 53.1 Å². The molecular weight excluding hydrogens is 376 g/mol. The minimum absolute atomic E-state index is 0.0801. The number of para-hydroxylation sites is 1. The lowest BCUT2D eigenvalue weighted by Gasteiger charge is -2.01.